The molecule has 0 bridgehead atoms. The minimum absolute atomic E-state index is 0.251. The monoisotopic (exact) mass is 505 g/mol. The van der Waals surface area contributed by atoms with Crippen molar-refractivity contribution < 1.29 is 14.3 Å². The zero-order valence-corrected chi connectivity index (χ0v) is 21.3. The Bertz CT molecular complexity index is 992. The number of amides is 1. The summed E-state index contributed by atoms with van der Waals surface area (Å²) in [5.41, 5.74) is 4.81. The van der Waals surface area contributed by atoms with E-state index in [0.29, 0.717) is 23.5 Å². The summed E-state index contributed by atoms with van der Waals surface area (Å²) >= 11 is 7.05. The van der Waals surface area contributed by atoms with E-state index in [9.17, 15) is 14.3 Å². The fraction of sp³-hybridized carbons (Fsp3) is 0.542. The highest BCUT2D eigenvalue weighted by Gasteiger charge is 2.36. The topological polar surface area (TPSA) is 71.4 Å². The molecular formula is C24H32FN5O2S2. The Hall–Kier alpha value is -2.01. The van der Waals surface area contributed by atoms with Crippen LogP contribution in [-0.4, -0.2) is 74.9 Å². The van der Waals surface area contributed by atoms with Gasteiger partial charge in [-0.05, 0) is 79.9 Å². The van der Waals surface area contributed by atoms with Crippen molar-refractivity contribution in [1.82, 2.24) is 20.2 Å². The van der Waals surface area contributed by atoms with Gasteiger partial charge < -0.3 is 14.9 Å². The van der Waals surface area contributed by atoms with E-state index >= 15 is 0 Å². The van der Waals surface area contributed by atoms with Gasteiger partial charge in [-0.15, -0.1) is 0 Å². The fourth-order valence-electron chi connectivity index (χ4n) is 5.01. The normalized spacial score (nSPS) is 24.8. The number of likely N-dealkylation sites (tertiary alicyclic amines) is 1. The number of nitrogens with one attached hydrogen (secondary N) is 1. The van der Waals surface area contributed by atoms with Crippen LogP contribution in [0.15, 0.2) is 28.1 Å². The lowest BCUT2D eigenvalue weighted by Gasteiger charge is -2.42. The van der Waals surface area contributed by atoms with Crippen LogP contribution in [0.1, 0.15) is 56.7 Å². The Balaban J connectivity index is 1.64. The van der Waals surface area contributed by atoms with Crippen LogP contribution in [0.4, 0.5) is 9.18 Å². The van der Waals surface area contributed by atoms with Crippen molar-refractivity contribution in [2.45, 2.75) is 51.6 Å². The molecule has 2 saturated heterocycles. The zero-order valence-electron chi connectivity index (χ0n) is 19.7. The van der Waals surface area contributed by atoms with Gasteiger partial charge in [-0.1, -0.05) is 32.1 Å². The number of thioether (sulfide) groups is 1. The van der Waals surface area contributed by atoms with Crippen LogP contribution >= 0.6 is 24.0 Å². The molecule has 3 heterocycles. The summed E-state index contributed by atoms with van der Waals surface area (Å²) in [7, 11) is 0. The summed E-state index contributed by atoms with van der Waals surface area (Å²) in [5, 5.41) is 12.8. The first kappa shape index (κ1) is 25.1. The highest BCUT2D eigenvalue weighted by atomic mass is 32.2. The van der Waals surface area contributed by atoms with Crippen LogP contribution in [0.25, 0.3) is 6.08 Å². The maximum absolute atomic E-state index is 14.4. The third-order valence-corrected chi connectivity index (χ3v) is 8.26. The van der Waals surface area contributed by atoms with E-state index in [1.54, 1.807) is 6.07 Å². The van der Waals surface area contributed by atoms with Crippen molar-refractivity contribution in [2.75, 3.05) is 32.7 Å². The molecule has 0 aromatic heterocycles. The largest absolute Gasteiger partial charge is 0.465 e. The number of hydrogen-bond donors (Lipinski definition) is 2. The summed E-state index contributed by atoms with van der Waals surface area (Å²) in [6.45, 7) is 8.25. The molecule has 1 aromatic rings. The van der Waals surface area contributed by atoms with Gasteiger partial charge in [-0.2, -0.15) is 0 Å². The predicted octanol–water partition coefficient (Wildman–Crippen LogP) is 4.72. The predicted molar refractivity (Wildman–Crippen MR) is 139 cm³/mol. The van der Waals surface area contributed by atoms with Gasteiger partial charge >= 0.3 is 6.09 Å². The molecule has 34 heavy (non-hydrogen) atoms. The van der Waals surface area contributed by atoms with Gasteiger partial charge in [0, 0.05) is 25.7 Å². The van der Waals surface area contributed by atoms with Gasteiger partial charge in [0.05, 0.1) is 10.9 Å². The average Bonchev–Trinajstić information content (AvgIpc) is 3.21. The van der Waals surface area contributed by atoms with E-state index in [0.717, 1.165) is 61.1 Å². The lowest BCUT2D eigenvalue weighted by atomic mass is 9.88. The van der Waals surface area contributed by atoms with E-state index in [2.05, 4.69) is 29.2 Å². The van der Waals surface area contributed by atoms with Gasteiger partial charge in [-0.3, -0.25) is 5.01 Å². The number of rotatable bonds is 5. The minimum Gasteiger partial charge on any atom is -0.465 e. The number of hydrogen-bond acceptors (Lipinski definition) is 6. The van der Waals surface area contributed by atoms with E-state index in [1.807, 2.05) is 11.1 Å². The molecule has 2 fully saturated rings. The first-order chi connectivity index (χ1) is 16.4. The Morgan fingerprint density at radius 3 is 2.82 bits per heavy atom. The third kappa shape index (κ3) is 5.45. The van der Waals surface area contributed by atoms with Crippen molar-refractivity contribution in [3.8, 4) is 0 Å². The Labute approximate surface area is 210 Å². The van der Waals surface area contributed by atoms with Crippen LogP contribution in [0, 0.1) is 5.82 Å². The van der Waals surface area contributed by atoms with Crippen molar-refractivity contribution in [3.63, 3.8) is 0 Å². The Morgan fingerprint density at radius 2 is 2.15 bits per heavy atom. The second-order valence-corrected chi connectivity index (χ2v) is 10.1. The van der Waals surface area contributed by atoms with Crippen molar-refractivity contribution >= 4 is 46.3 Å². The number of carboxylic acid groups (broad SMARTS) is 1. The molecule has 1 aromatic carbocycles. The number of nitrogens with zero attached hydrogens (tertiary/aromatic N) is 4. The average molecular weight is 506 g/mol. The molecule has 0 radical (unpaired) electrons. The molecule has 3 aliphatic heterocycles. The van der Waals surface area contributed by atoms with E-state index in [-0.39, 0.29) is 11.9 Å². The minimum atomic E-state index is -0.974. The van der Waals surface area contributed by atoms with E-state index in [1.165, 1.54) is 28.8 Å². The standard InChI is InChI=1S/C24H32FN5O2S2/c1-3-28(4-2)18-9-12-29(24(31)32)20(15-18)19-14-17(25)8-7-16(19)13-21-22(33)27-23(34-21)30-11-6-5-10-26-30/h7-8,13-14,18,20,26H,3-6,9-12,15H2,1-2H3,(H,31,32). The maximum atomic E-state index is 14.4. The molecule has 0 saturated carbocycles. The number of amidine groups is 1. The van der Waals surface area contributed by atoms with Crippen LogP contribution in [0.2, 0.25) is 0 Å². The molecule has 4 rings (SSSR count). The van der Waals surface area contributed by atoms with Gasteiger partial charge in [0.15, 0.2) is 5.17 Å². The van der Waals surface area contributed by atoms with Crippen molar-refractivity contribution in [1.29, 1.82) is 0 Å². The lowest BCUT2D eigenvalue weighted by Crippen LogP contribution is -2.48. The summed E-state index contributed by atoms with van der Waals surface area (Å²) in [6.07, 6.45) is 4.60. The summed E-state index contributed by atoms with van der Waals surface area (Å²) < 4.78 is 14.4. The molecule has 7 nitrogen and oxygen atoms in total. The first-order valence-corrected chi connectivity index (χ1v) is 13.2. The van der Waals surface area contributed by atoms with Crippen LogP contribution in [0.3, 0.4) is 0 Å². The zero-order chi connectivity index (χ0) is 24.2. The molecule has 184 valence electrons. The molecule has 10 heteroatoms. The molecule has 2 atom stereocenters. The van der Waals surface area contributed by atoms with Gasteiger partial charge in [-0.25, -0.2) is 19.6 Å². The number of carbonyl (C=O) groups is 1. The van der Waals surface area contributed by atoms with Crippen LogP contribution in [0.5, 0.6) is 0 Å². The van der Waals surface area contributed by atoms with Gasteiger partial charge in [0.2, 0.25) is 0 Å². The molecule has 1 amide bonds. The number of thiocarbonyl (C=S) groups is 1. The lowest BCUT2D eigenvalue weighted by molar-refractivity contribution is 0.0645. The van der Waals surface area contributed by atoms with Crippen LogP contribution in [-0.2, 0) is 0 Å². The van der Waals surface area contributed by atoms with E-state index < -0.39 is 12.1 Å². The Morgan fingerprint density at radius 1 is 1.35 bits per heavy atom. The smallest absolute Gasteiger partial charge is 0.407 e. The molecule has 2 unspecified atom stereocenters. The van der Waals surface area contributed by atoms with E-state index in [4.69, 9.17) is 12.2 Å². The number of piperidine rings is 1. The number of benzene rings is 1. The first-order valence-electron chi connectivity index (χ1n) is 12.0. The second kappa shape index (κ2) is 11.2. The highest BCUT2D eigenvalue weighted by molar-refractivity contribution is 8.19. The summed E-state index contributed by atoms with van der Waals surface area (Å²) in [6, 6.07) is 4.44. The molecule has 0 aliphatic carbocycles. The fourth-order valence-corrected chi connectivity index (χ4v) is 6.26. The number of halogens is 1. The molecule has 2 N–H and O–H groups in total. The van der Waals surface area contributed by atoms with Crippen LogP contribution < -0.4 is 5.43 Å². The highest BCUT2D eigenvalue weighted by Crippen LogP contribution is 2.38. The quantitative estimate of drug-likeness (QED) is 0.443. The molecular weight excluding hydrogens is 473 g/mol. The van der Waals surface area contributed by atoms with Crippen molar-refractivity contribution in [3.05, 3.63) is 40.0 Å². The summed E-state index contributed by atoms with van der Waals surface area (Å²) in [5.74, 6) is -0.372. The molecule has 3 aliphatic rings. The van der Waals surface area contributed by atoms with Crippen molar-refractivity contribution in [2.24, 2.45) is 4.99 Å². The third-order valence-electron chi connectivity index (χ3n) is 6.79. The van der Waals surface area contributed by atoms with Gasteiger partial charge in [0.25, 0.3) is 0 Å². The Kier molecular flexibility index (Phi) is 8.23. The van der Waals surface area contributed by atoms with Gasteiger partial charge in [0.1, 0.15) is 10.8 Å². The second-order valence-electron chi connectivity index (χ2n) is 8.74. The number of aliphatic imine (C=N–C) groups is 1. The maximum Gasteiger partial charge on any atom is 0.407 e. The SMILES string of the molecule is CCN(CC)C1CCN(C(=O)O)C(c2cc(F)ccc2C=C2SC(N3CCCCN3)=NC2=S)C1. The summed E-state index contributed by atoms with van der Waals surface area (Å²) in [4.78, 5) is 21.8. The molecule has 0 spiro atoms. The number of hydrazine groups is 1.